The van der Waals surface area contributed by atoms with E-state index in [-0.39, 0.29) is 30.6 Å². The Hall–Kier alpha value is -1.30. The number of hydrogen-bond donors (Lipinski definition) is 1. The monoisotopic (exact) mass is 311 g/mol. The van der Waals surface area contributed by atoms with E-state index in [1.807, 2.05) is 9.80 Å². The van der Waals surface area contributed by atoms with E-state index in [4.69, 9.17) is 10.5 Å². The highest BCUT2D eigenvalue weighted by molar-refractivity contribution is 5.77. The second-order valence-corrected chi connectivity index (χ2v) is 6.70. The van der Waals surface area contributed by atoms with E-state index in [0.717, 1.165) is 31.6 Å². The molecule has 1 heterocycles. The number of nitrogens with zero attached hydrogens (tertiary/aromatic N) is 2. The number of primary amides is 1. The summed E-state index contributed by atoms with van der Waals surface area (Å²) in [6, 6.07) is 0.142. The Kier molecular flexibility index (Phi) is 6.06. The van der Waals surface area contributed by atoms with Crippen LogP contribution in [0.5, 0.6) is 0 Å². The number of likely N-dealkylation sites (tertiary alicyclic amines) is 1. The topological polar surface area (TPSA) is 75.9 Å². The van der Waals surface area contributed by atoms with Crippen LogP contribution in [0, 0.1) is 5.92 Å². The Morgan fingerprint density at radius 3 is 2.14 bits per heavy atom. The van der Waals surface area contributed by atoms with Crippen LogP contribution in [-0.4, -0.2) is 60.6 Å². The number of methoxy groups -OCH3 is 1. The lowest BCUT2D eigenvalue weighted by molar-refractivity contribution is -0.136. The molecule has 0 atom stereocenters. The summed E-state index contributed by atoms with van der Waals surface area (Å²) in [6.45, 7) is 3.76. The van der Waals surface area contributed by atoms with Gasteiger partial charge in [-0.3, -0.25) is 4.79 Å². The summed E-state index contributed by atoms with van der Waals surface area (Å²) in [7, 11) is 1.53. The highest BCUT2D eigenvalue weighted by Gasteiger charge is 2.34. The summed E-state index contributed by atoms with van der Waals surface area (Å²) in [4.78, 5) is 27.5. The molecule has 0 bridgehead atoms. The van der Waals surface area contributed by atoms with Gasteiger partial charge in [0.2, 0.25) is 5.91 Å². The zero-order chi connectivity index (χ0) is 16.1. The minimum Gasteiger partial charge on any atom is -0.375 e. The van der Waals surface area contributed by atoms with E-state index >= 15 is 0 Å². The molecule has 0 aromatic carbocycles. The molecular formula is C16H29N3O3. The van der Waals surface area contributed by atoms with Crippen molar-refractivity contribution < 1.29 is 14.3 Å². The largest absolute Gasteiger partial charge is 0.375 e. The number of carbonyl (C=O) groups is 2. The van der Waals surface area contributed by atoms with Gasteiger partial charge in [0.05, 0.1) is 0 Å². The molecule has 0 unspecified atom stereocenters. The third-order valence-corrected chi connectivity index (χ3v) is 5.11. The van der Waals surface area contributed by atoms with Gasteiger partial charge in [0.1, 0.15) is 6.61 Å². The average molecular weight is 311 g/mol. The van der Waals surface area contributed by atoms with Crippen LogP contribution in [0.15, 0.2) is 0 Å². The molecule has 3 amide bonds. The van der Waals surface area contributed by atoms with Crippen molar-refractivity contribution in [1.82, 2.24) is 9.80 Å². The standard InChI is InChI=1S/C16H29N3O3/c1-12-3-5-13(6-4-12)19(16(17)21)14-7-9-18(10-8-14)15(20)11-22-2/h12-14H,3-11H2,1-2H3,(H2,17,21). The third-order valence-electron chi connectivity index (χ3n) is 5.11. The minimum absolute atomic E-state index is 0.0260. The molecule has 2 rings (SSSR count). The maximum atomic E-state index is 11.9. The van der Waals surface area contributed by atoms with E-state index in [1.54, 1.807) is 0 Å². The fraction of sp³-hybridized carbons (Fsp3) is 0.875. The Labute approximate surface area is 132 Å². The van der Waals surface area contributed by atoms with Crippen LogP contribution in [0.4, 0.5) is 4.79 Å². The molecule has 0 aromatic rings. The Morgan fingerprint density at radius 2 is 1.64 bits per heavy atom. The first-order valence-electron chi connectivity index (χ1n) is 8.37. The van der Waals surface area contributed by atoms with Crippen molar-refractivity contribution in [2.24, 2.45) is 11.7 Å². The smallest absolute Gasteiger partial charge is 0.315 e. The third kappa shape index (κ3) is 4.12. The van der Waals surface area contributed by atoms with E-state index in [0.29, 0.717) is 13.1 Å². The van der Waals surface area contributed by atoms with E-state index in [9.17, 15) is 9.59 Å². The van der Waals surface area contributed by atoms with Gasteiger partial charge in [0.15, 0.2) is 0 Å². The number of amides is 3. The molecule has 2 N–H and O–H groups in total. The van der Waals surface area contributed by atoms with Gasteiger partial charge in [0.25, 0.3) is 0 Å². The summed E-state index contributed by atoms with van der Waals surface area (Å²) in [5.41, 5.74) is 5.66. The minimum atomic E-state index is -0.304. The van der Waals surface area contributed by atoms with Crippen molar-refractivity contribution >= 4 is 11.9 Å². The molecule has 0 radical (unpaired) electrons. The zero-order valence-corrected chi connectivity index (χ0v) is 13.8. The van der Waals surface area contributed by atoms with E-state index in [1.165, 1.54) is 20.0 Å². The Morgan fingerprint density at radius 1 is 1.09 bits per heavy atom. The second kappa shape index (κ2) is 7.81. The van der Waals surface area contributed by atoms with Crippen LogP contribution in [-0.2, 0) is 9.53 Å². The quantitative estimate of drug-likeness (QED) is 0.856. The maximum absolute atomic E-state index is 11.9. The highest BCUT2D eigenvalue weighted by Crippen LogP contribution is 2.30. The van der Waals surface area contributed by atoms with Crippen LogP contribution in [0.3, 0.4) is 0 Å². The van der Waals surface area contributed by atoms with Crippen LogP contribution in [0.2, 0.25) is 0 Å². The normalized spacial score (nSPS) is 26.7. The average Bonchev–Trinajstić information content (AvgIpc) is 2.50. The zero-order valence-electron chi connectivity index (χ0n) is 13.8. The molecule has 1 aliphatic carbocycles. The number of ether oxygens (including phenoxy) is 1. The first-order chi connectivity index (χ1) is 10.5. The Bertz CT molecular complexity index is 386. The van der Waals surface area contributed by atoms with E-state index in [2.05, 4.69) is 6.92 Å². The number of carbonyl (C=O) groups excluding carboxylic acids is 2. The van der Waals surface area contributed by atoms with Crippen LogP contribution in [0.25, 0.3) is 0 Å². The van der Waals surface area contributed by atoms with Crippen molar-refractivity contribution in [3.63, 3.8) is 0 Å². The lowest BCUT2D eigenvalue weighted by Crippen LogP contribution is -2.55. The molecule has 1 saturated heterocycles. The van der Waals surface area contributed by atoms with Crippen molar-refractivity contribution in [3.8, 4) is 0 Å². The van der Waals surface area contributed by atoms with Crippen LogP contribution in [0.1, 0.15) is 45.4 Å². The fourth-order valence-corrected chi connectivity index (χ4v) is 3.79. The molecule has 1 aliphatic heterocycles. The number of piperidine rings is 1. The van der Waals surface area contributed by atoms with Gasteiger partial charge in [-0.15, -0.1) is 0 Å². The van der Waals surface area contributed by atoms with Gasteiger partial charge in [0, 0.05) is 32.3 Å². The summed E-state index contributed by atoms with van der Waals surface area (Å²) in [5, 5.41) is 0. The molecule has 126 valence electrons. The van der Waals surface area contributed by atoms with Crippen LogP contribution >= 0.6 is 0 Å². The van der Waals surface area contributed by atoms with Crippen LogP contribution < -0.4 is 5.73 Å². The molecule has 1 saturated carbocycles. The molecule has 2 aliphatic rings. The number of urea groups is 1. The molecule has 6 nitrogen and oxygen atoms in total. The van der Waals surface area contributed by atoms with Crippen molar-refractivity contribution in [2.45, 2.75) is 57.5 Å². The predicted molar refractivity (Wildman–Crippen MR) is 84.3 cm³/mol. The summed E-state index contributed by atoms with van der Waals surface area (Å²) >= 11 is 0. The van der Waals surface area contributed by atoms with Crippen molar-refractivity contribution in [3.05, 3.63) is 0 Å². The fourth-order valence-electron chi connectivity index (χ4n) is 3.79. The molecule has 2 fully saturated rings. The predicted octanol–water partition coefficient (Wildman–Crippen LogP) is 1.58. The summed E-state index contributed by atoms with van der Waals surface area (Å²) < 4.78 is 4.90. The van der Waals surface area contributed by atoms with Crippen molar-refractivity contribution in [1.29, 1.82) is 0 Å². The molecule has 22 heavy (non-hydrogen) atoms. The lowest BCUT2D eigenvalue weighted by Gasteiger charge is -2.43. The van der Waals surface area contributed by atoms with Gasteiger partial charge >= 0.3 is 6.03 Å². The van der Waals surface area contributed by atoms with Gasteiger partial charge in [-0.1, -0.05) is 6.92 Å². The molecule has 0 spiro atoms. The SMILES string of the molecule is COCC(=O)N1CCC(N(C(N)=O)C2CCC(C)CC2)CC1. The first-order valence-corrected chi connectivity index (χ1v) is 8.37. The number of rotatable bonds is 4. The van der Waals surface area contributed by atoms with E-state index < -0.39 is 0 Å². The molecular weight excluding hydrogens is 282 g/mol. The molecule has 0 aromatic heterocycles. The molecule has 6 heteroatoms. The van der Waals surface area contributed by atoms with Gasteiger partial charge < -0.3 is 20.3 Å². The van der Waals surface area contributed by atoms with Crippen molar-refractivity contribution in [2.75, 3.05) is 26.8 Å². The summed E-state index contributed by atoms with van der Waals surface area (Å²) in [6.07, 6.45) is 6.05. The van der Waals surface area contributed by atoms with Gasteiger partial charge in [-0.05, 0) is 44.4 Å². The van der Waals surface area contributed by atoms with Gasteiger partial charge in [-0.2, -0.15) is 0 Å². The first kappa shape index (κ1) is 17.1. The maximum Gasteiger partial charge on any atom is 0.315 e. The second-order valence-electron chi connectivity index (χ2n) is 6.70. The highest BCUT2D eigenvalue weighted by atomic mass is 16.5. The lowest BCUT2D eigenvalue weighted by atomic mass is 9.85. The summed E-state index contributed by atoms with van der Waals surface area (Å²) in [5.74, 6) is 0.776. The Balaban J connectivity index is 1.91. The number of nitrogens with two attached hydrogens (primary N) is 1. The van der Waals surface area contributed by atoms with Gasteiger partial charge in [-0.25, -0.2) is 4.79 Å². The number of hydrogen-bond acceptors (Lipinski definition) is 3.